The van der Waals surface area contributed by atoms with Gasteiger partial charge < -0.3 is 19.5 Å². The van der Waals surface area contributed by atoms with Crippen molar-refractivity contribution in [2.45, 2.75) is 31.5 Å². The van der Waals surface area contributed by atoms with Crippen molar-refractivity contribution in [1.82, 2.24) is 4.90 Å². The van der Waals surface area contributed by atoms with Gasteiger partial charge in [0.2, 0.25) is 0 Å². The first-order valence-corrected chi connectivity index (χ1v) is 9.47. The number of halogens is 1. The van der Waals surface area contributed by atoms with E-state index in [4.69, 9.17) is 9.47 Å². The Morgan fingerprint density at radius 1 is 1.18 bits per heavy atom. The highest BCUT2D eigenvalue weighted by Gasteiger charge is 2.32. The molecule has 1 saturated heterocycles. The summed E-state index contributed by atoms with van der Waals surface area (Å²) < 4.78 is 23.8. The highest BCUT2D eigenvalue weighted by molar-refractivity contribution is 5.94. The van der Waals surface area contributed by atoms with E-state index in [0.717, 1.165) is 5.56 Å². The molecule has 0 radical (unpaired) electrons. The molecule has 1 atom stereocenters. The fourth-order valence-electron chi connectivity index (χ4n) is 3.42. The number of nitrogens with zero attached hydrogens (tertiary/aromatic N) is 1. The zero-order valence-electron chi connectivity index (χ0n) is 16.1. The molecule has 1 N–H and O–H groups in total. The fourth-order valence-corrected chi connectivity index (χ4v) is 3.42. The number of hydrogen-bond donors (Lipinski definition) is 1. The van der Waals surface area contributed by atoms with Crippen molar-refractivity contribution < 1.29 is 23.8 Å². The Morgan fingerprint density at radius 2 is 1.96 bits per heavy atom. The zero-order chi connectivity index (χ0) is 20.0. The Balaban J connectivity index is 1.59. The highest BCUT2D eigenvalue weighted by Crippen LogP contribution is 2.25. The molecule has 1 unspecified atom stereocenters. The van der Waals surface area contributed by atoms with Gasteiger partial charge in [-0.2, -0.15) is 0 Å². The Bertz CT molecular complexity index is 795. The number of amides is 1. The van der Waals surface area contributed by atoms with Crippen LogP contribution in [0.15, 0.2) is 48.5 Å². The van der Waals surface area contributed by atoms with E-state index in [-0.39, 0.29) is 18.3 Å². The summed E-state index contributed by atoms with van der Waals surface area (Å²) in [5.74, 6) is 0.146. The highest BCUT2D eigenvalue weighted by atomic mass is 19.1. The molecule has 1 amide bonds. The van der Waals surface area contributed by atoms with E-state index in [1.165, 1.54) is 24.3 Å². The number of carbonyl (C=O) groups excluding carboxylic acids is 1. The number of benzene rings is 2. The predicted octanol–water partition coefficient (Wildman–Crippen LogP) is 3.41. The summed E-state index contributed by atoms with van der Waals surface area (Å²) >= 11 is 0. The molecule has 2 aromatic carbocycles. The molecule has 28 heavy (non-hydrogen) atoms. The third-order valence-corrected chi connectivity index (χ3v) is 5.01. The van der Waals surface area contributed by atoms with Gasteiger partial charge in [-0.15, -0.1) is 0 Å². The Kier molecular flexibility index (Phi) is 6.65. The van der Waals surface area contributed by atoms with Crippen molar-refractivity contribution in [2.24, 2.45) is 0 Å². The smallest absolute Gasteiger partial charge is 0.253 e. The predicted molar refractivity (Wildman–Crippen MR) is 104 cm³/mol. The lowest BCUT2D eigenvalue weighted by atomic mass is 9.96. The molecule has 1 heterocycles. The maximum Gasteiger partial charge on any atom is 0.253 e. The normalized spacial score (nSPS) is 19.9. The molecular formula is C22H26FNO4. The van der Waals surface area contributed by atoms with Crippen molar-refractivity contribution in [1.29, 1.82) is 0 Å². The molecule has 0 aliphatic carbocycles. The molecule has 5 nitrogen and oxygen atoms in total. The van der Waals surface area contributed by atoms with Crippen LogP contribution in [-0.2, 0) is 11.3 Å². The van der Waals surface area contributed by atoms with Gasteiger partial charge in [-0.1, -0.05) is 12.1 Å². The maximum atomic E-state index is 13.0. The van der Waals surface area contributed by atoms with Crippen molar-refractivity contribution in [3.63, 3.8) is 0 Å². The second-order valence-electron chi connectivity index (χ2n) is 7.25. The molecule has 2 aromatic rings. The standard InChI is InChI=1S/C22H26FNO4/c1-27-15-17-4-2-5-18(14-17)21(25)24-12-3-10-22(26,11-13-24)16-28-20-8-6-19(23)7-9-20/h2,4-9,14,26H,3,10-13,15-16H2,1H3. The van der Waals surface area contributed by atoms with E-state index in [1.807, 2.05) is 18.2 Å². The average Bonchev–Trinajstić information content (AvgIpc) is 2.90. The Hall–Kier alpha value is -2.44. The van der Waals surface area contributed by atoms with Gasteiger partial charge in [-0.3, -0.25) is 4.79 Å². The third-order valence-electron chi connectivity index (χ3n) is 5.01. The van der Waals surface area contributed by atoms with Gasteiger partial charge in [0.1, 0.15) is 23.8 Å². The molecule has 0 bridgehead atoms. The van der Waals surface area contributed by atoms with Crippen LogP contribution < -0.4 is 4.74 Å². The molecule has 0 saturated carbocycles. The second-order valence-corrected chi connectivity index (χ2v) is 7.25. The van der Waals surface area contributed by atoms with E-state index in [2.05, 4.69) is 0 Å². The molecule has 1 aliphatic heterocycles. The first kappa shape index (κ1) is 20.3. The summed E-state index contributed by atoms with van der Waals surface area (Å²) in [5.41, 5.74) is 0.566. The van der Waals surface area contributed by atoms with Gasteiger partial charge in [-0.25, -0.2) is 4.39 Å². The minimum Gasteiger partial charge on any atom is -0.491 e. The minimum atomic E-state index is -1.01. The van der Waals surface area contributed by atoms with Crippen molar-refractivity contribution >= 4 is 5.91 Å². The van der Waals surface area contributed by atoms with Gasteiger partial charge in [0.05, 0.1) is 6.61 Å². The lowest BCUT2D eigenvalue weighted by Gasteiger charge is -2.27. The molecule has 0 aromatic heterocycles. The SMILES string of the molecule is COCc1cccc(C(=O)N2CCCC(O)(COc3ccc(F)cc3)CC2)c1. The van der Waals surface area contributed by atoms with E-state index in [0.29, 0.717) is 50.3 Å². The van der Waals surface area contributed by atoms with Crippen LogP contribution in [0.5, 0.6) is 5.75 Å². The van der Waals surface area contributed by atoms with Crippen LogP contribution in [0.2, 0.25) is 0 Å². The number of rotatable bonds is 6. The number of hydrogen-bond acceptors (Lipinski definition) is 4. The average molecular weight is 387 g/mol. The molecule has 3 rings (SSSR count). The lowest BCUT2D eigenvalue weighted by molar-refractivity contribution is -0.0163. The first-order valence-electron chi connectivity index (χ1n) is 9.47. The van der Waals surface area contributed by atoms with Crippen LogP contribution in [0.3, 0.4) is 0 Å². The van der Waals surface area contributed by atoms with Gasteiger partial charge in [0, 0.05) is 25.8 Å². The number of aliphatic hydroxyl groups is 1. The Labute approximate surface area is 164 Å². The minimum absolute atomic E-state index is 0.0401. The van der Waals surface area contributed by atoms with E-state index in [9.17, 15) is 14.3 Å². The summed E-state index contributed by atoms with van der Waals surface area (Å²) in [6, 6.07) is 13.2. The lowest BCUT2D eigenvalue weighted by Crippen LogP contribution is -2.38. The number of carbonyl (C=O) groups is 1. The second kappa shape index (κ2) is 9.17. The zero-order valence-corrected chi connectivity index (χ0v) is 16.1. The monoisotopic (exact) mass is 387 g/mol. The number of likely N-dealkylation sites (tertiary alicyclic amines) is 1. The maximum absolute atomic E-state index is 13.0. The van der Waals surface area contributed by atoms with Crippen molar-refractivity contribution in [2.75, 3.05) is 26.8 Å². The van der Waals surface area contributed by atoms with Gasteiger partial charge in [0.25, 0.3) is 5.91 Å². The first-order chi connectivity index (χ1) is 13.5. The van der Waals surface area contributed by atoms with Crippen molar-refractivity contribution in [3.05, 3.63) is 65.5 Å². The van der Waals surface area contributed by atoms with Crippen LogP contribution in [0.25, 0.3) is 0 Å². The van der Waals surface area contributed by atoms with Crippen LogP contribution in [-0.4, -0.2) is 48.3 Å². The molecule has 150 valence electrons. The third kappa shape index (κ3) is 5.30. The molecular weight excluding hydrogens is 361 g/mol. The summed E-state index contributed by atoms with van der Waals surface area (Å²) in [5, 5.41) is 10.9. The summed E-state index contributed by atoms with van der Waals surface area (Å²) in [6.45, 7) is 1.62. The molecule has 1 aliphatic rings. The number of methoxy groups -OCH3 is 1. The summed E-state index contributed by atoms with van der Waals surface area (Å²) in [6.07, 6.45) is 1.66. The summed E-state index contributed by atoms with van der Waals surface area (Å²) in [7, 11) is 1.62. The van der Waals surface area contributed by atoms with Crippen LogP contribution in [0.4, 0.5) is 4.39 Å². The van der Waals surface area contributed by atoms with Gasteiger partial charge >= 0.3 is 0 Å². The Morgan fingerprint density at radius 3 is 2.71 bits per heavy atom. The molecule has 0 spiro atoms. The van der Waals surface area contributed by atoms with Crippen molar-refractivity contribution in [3.8, 4) is 5.75 Å². The van der Waals surface area contributed by atoms with Crippen LogP contribution in [0.1, 0.15) is 35.2 Å². The van der Waals surface area contributed by atoms with E-state index < -0.39 is 5.60 Å². The van der Waals surface area contributed by atoms with E-state index in [1.54, 1.807) is 18.1 Å². The van der Waals surface area contributed by atoms with E-state index >= 15 is 0 Å². The van der Waals surface area contributed by atoms with Gasteiger partial charge in [-0.05, 0) is 61.2 Å². The molecule has 6 heteroatoms. The van der Waals surface area contributed by atoms with Crippen LogP contribution >= 0.6 is 0 Å². The van der Waals surface area contributed by atoms with Crippen LogP contribution in [0, 0.1) is 5.82 Å². The summed E-state index contributed by atoms with van der Waals surface area (Å²) in [4.78, 5) is 14.6. The number of ether oxygens (including phenoxy) is 2. The fraction of sp³-hybridized carbons (Fsp3) is 0.409. The van der Waals surface area contributed by atoms with Gasteiger partial charge in [0.15, 0.2) is 0 Å². The largest absolute Gasteiger partial charge is 0.491 e. The molecule has 1 fully saturated rings. The quantitative estimate of drug-likeness (QED) is 0.825. The topological polar surface area (TPSA) is 59.0 Å².